The fraction of sp³-hybridized carbons (Fsp3) is 0.611. The van der Waals surface area contributed by atoms with Crippen LogP contribution in [0.1, 0.15) is 38.7 Å². The maximum atomic E-state index is 11.8. The van der Waals surface area contributed by atoms with Crippen molar-refractivity contribution >= 4 is 5.97 Å². The number of esters is 1. The summed E-state index contributed by atoms with van der Waals surface area (Å²) in [5.41, 5.74) is 1.03. The van der Waals surface area contributed by atoms with Crippen LogP contribution in [0.3, 0.4) is 0 Å². The van der Waals surface area contributed by atoms with Gasteiger partial charge in [-0.25, -0.2) is 0 Å². The molecule has 22 heavy (non-hydrogen) atoms. The van der Waals surface area contributed by atoms with Crippen LogP contribution in [0.2, 0.25) is 0 Å². The first kappa shape index (κ1) is 17.0. The summed E-state index contributed by atoms with van der Waals surface area (Å²) in [6, 6.07) is 10.1. The van der Waals surface area contributed by atoms with Gasteiger partial charge in [0.15, 0.2) is 0 Å². The zero-order valence-electron chi connectivity index (χ0n) is 13.7. The van der Waals surface area contributed by atoms with Crippen LogP contribution in [-0.4, -0.2) is 31.9 Å². The van der Waals surface area contributed by atoms with Gasteiger partial charge in [0.05, 0.1) is 12.7 Å². The Morgan fingerprint density at radius 2 is 1.95 bits per heavy atom. The smallest absolute Gasteiger partial charge is 0.306 e. The molecule has 4 nitrogen and oxygen atoms in total. The zero-order chi connectivity index (χ0) is 16.0. The third-order valence-electron chi connectivity index (χ3n) is 4.38. The number of carbonyl (C=O) groups is 1. The highest BCUT2D eigenvalue weighted by Crippen LogP contribution is 2.45. The molecule has 0 heterocycles. The molecule has 0 amide bonds. The van der Waals surface area contributed by atoms with Crippen LogP contribution in [-0.2, 0) is 25.6 Å². The van der Waals surface area contributed by atoms with E-state index in [1.54, 1.807) is 7.11 Å². The lowest BCUT2D eigenvalue weighted by Crippen LogP contribution is -2.56. The van der Waals surface area contributed by atoms with Gasteiger partial charge in [-0.15, -0.1) is 0 Å². The lowest BCUT2D eigenvalue weighted by atomic mass is 9.66. The highest BCUT2D eigenvalue weighted by molar-refractivity contribution is 5.69. The monoisotopic (exact) mass is 306 g/mol. The molecule has 0 spiro atoms. The van der Waals surface area contributed by atoms with Gasteiger partial charge in [0.25, 0.3) is 0 Å². The van der Waals surface area contributed by atoms with E-state index in [4.69, 9.17) is 14.2 Å². The van der Waals surface area contributed by atoms with Crippen molar-refractivity contribution in [3.8, 4) is 0 Å². The van der Waals surface area contributed by atoms with E-state index in [2.05, 4.69) is 26.0 Å². The minimum absolute atomic E-state index is 0.0525. The minimum Gasteiger partial charge on any atom is -0.462 e. The number of rotatable bonds is 8. The summed E-state index contributed by atoms with van der Waals surface area (Å²) in [5, 5.41) is 0. The quantitative estimate of drug-likeness (QED) is 0.546. The Morgan fingerprint density at radius 3 is 2.59 bits per heavy atom. The molecule has 1 aliphatic carbocycles. The number of ether oxygens (including phenoxy) is 3. The van der Waals surface area contributed by atoms with Crippen molar-refractivity contribution in [2.24, 2.45) is 5.41 Å². The van der Waals surface area contributed by atoms with E-state index in [0.29, 0.717) is 26.1 Å². The molecule has 0 radical (unpaired) electrons. The first-order valence-electron chi connectivity index (χ1n) is 7.88. The van der Waals surface area contributed by atoms with Crippen molar-refractivity contribution < 1.29 is 19.0 Å². The van der Waals surface area contributed by atoms with Gasteiger partial charge in [0.1, 0.15) is 6.10 Å². The molecule has 2 rings (SSSR count). The second-order valence-corrected chi connectivity index (χ2v) is 6.42. The van der Waals surface area contributed by atoms with Crippen LogP contribution in [0.4, 0.5) is 0 Å². The van der Waals surface area contributed by atoms with E-state index in [1.165, 1.54) is 5.56 Å². The van der Waals surface area contributed by atoms with E-state index in [9.17, 15) is 4.79 Å². The number of hydrogen-bond donors (Lipinski definition) is 0. The SMILES string of the molecule is COCCCC(=O)OC1CC(OCc2ccccc2)C1(C)C. The van der Waals surface area contributed by atoms with Crippen LogP contribution in [0.25, 0.3) is 0 Å². The Bertz CT molecular complexity index is 469. The first-order valence-corrected chi connectivity index (χ1v) is 7.88. The Hall–Kier alpha value is -1.39. The highest BCUT2D eigenvalue weighted by atomic mass is 16.6. The second-order valence-electron chi connectivity index (χ2n) is 6.42. The van der Waals surface area contributed by atoms with E-state index in [1.807, 2.05) is 18.2 Å². The van der Waals surface area contributed by atoms with Gasteiger partial charge in [-0.1, -0.05) is 44.2 Å². The van der Waals surface area contributed by atoms with Crippen molar-refractivity contribution in [1.82, 2.24) is 0 Å². The third-order valence-corrected chi connectivity index (χ3v) is 4.38. The summed E-state index contributed by atoms with van der Waals surface area (Å²) >= 11 is 0. The molecule has 0 N–H and O–H groups in total. The van der Waals surface area contributed by atoms with Crippen LogP contribution >= 0.6 is 0 Å². The summed E-state index contributed by atoms with van der Waals surface area (Å²) in [6.07, 6.45) is 1.97. The average Bonchev–Trinajstić information content (AvgIpc) is 2.51. The molecule has 1 aromatic rings. The molecular weight excluding hydrogens is 280 g/mol. The van der Waals surface area contributed by atoms with Crippen LogP contribution in [0.5, 0.6) is 0 Å². The Morgan fingerprint density at radius 1 is 1.23 bits per heavy atom. The van der Waals surface area contributed by atoms with Crippen LogP contribution < -0.4 is 0 Å². The first-order chi connectivity index (χ1) is 10.5. The maximum Gasteiger partial charge on any atom is 0.306 e. The van der Waals surface area contributed by atoms with Crippen molar-refractivity contribution in [3.05, 3.63) is 35.9 Å². The molecule has 122 valence electrons. The standard InChI is InChI=1S/C18H26O4/c1-18(2)15(21-13-14-8-5-4-6-9-14)12-16(18)22-17(19)10-7-11-20-3/h4-6,8-9,15-16H,7,10-13H2,1-3H3. The molecule has 0 bridgehead atoms. The predicted molar refractivity (Wildman–Crippen MR) is 84.4 cm³/mol. The van der Waals surface area contributed by atoms with E-state index in [0.717, 1.165) is 6.42 Å². The van der Waals surface area contributed by atoms with Crippen LogP contribution in [0, 0.1) is 5.41 Å². The number of hydrogen-bond acceptors (Lipinski definition) is 4. The zero-order valence-corrected chi connectivity index (χ0v) is 13.7. The predicted octanol–water partition coefficient (Wildman–Crippen LogP) is 3.34. The molecule has 2 atom stereocenters. The van der Waals surface area contributed by atoms with Gasteiger partial charge in [-0.2, -0.15) is 0 Å². The molecule has 1 aromatic carbocycles. The molecule has 1 aliphatic rings. The summed E-state index contributed by atoms with van der Waals surface area (Å²) in [4.78, 5) is 11.8. The minimum atomic E-state index is -0.142. The van der Waals surface area contributed by atoms with Crippen molar-refractivity contribution in [2.45, 2.75) is 51.9 Å². The third kappa shape index (κ3) is 4.31. The van der Waals surface area contributed by atoms with Gasteiger partial charge in [-0.3, -0.25) is 4.79 Å². The van der Waals surface area contributed by atoms with Gasteiger partial charge in [-0.05, 0) is 12.0 Å². The van der Waals surface area contributed by atoms with E-state index >= 15 is 0 Å². The lowest BCUT2D eigenvalue weighted by molar-refractivity contribution is -0.206. The fourth-order valence-electron chi connectivity index (χ4n) is 2.68. The van der Waals surface area contributed by atoms with Crippen LogP contribution in [0.15, 0.2) is 30.3 Å². The maximum absolute atomic E-state index is 11.8. The molecular formula is C18H26O4. The number of benzene rings is 1. The van der Waals surface area contributed by atoms with Gasteiger partial charge < -0.3 is 14.2 Å². The molecule has 4 heteroatoms. The molecule has 0 saturated heterocycles. The molecule has 1 fully saturated rings. The second kappa shape index (κ2) is 7.75. The van der Waals surface area contributed by atoms with Gasteiger partial charge in [0.2, 0.25) is 0 Å². The van der Waals surface area contributed by atoms with Crippen molar-refractivity contribution in [1.29, 1.82) is 0 Å². The molecule has 2 unspecified atom stereocenters. The summed E-state index contributed by atoms with van der Waals surface area (Å²) in [7, 11) is 1.63. The largest absolute Gasteiger partial charge is 0.462 e. The van der Waals surface area contributed by atoms with Gasteiger partial charge in [0, 0.05) is 32.0 Å². The molecule has 0 aromatic heterocycles. The summed E-state index contributed by atoms with van der Waals surface area (Å²) < 4.78 is 16.5. The normalized spacial score (nSPS) is 22.9. The Kier molecular flexibility index (Phi) is 5.98. The summed E-state index contributed by atoms with van der Waals surface area (Å²) in [5.74, 6) is -0.142. The summed E-state index contributed by atoms with van der Waals surface area (Å²) in [6.45, 7) is 5.38. The number of carbonyl (C=O) groups excluding carboxylic acids is 1. The topological polar surface area (TPSA) is 44.8 Å². The van der Waals surface area contributed by atoms with E-state index in [-0.39, 0.29) is 23.6 Å². The highest BCUT2D eigenvalue weighted by Gasteiger charge is 2.51. The number of methoxy groups -OCH3 is 1. The molecule has 1 saturated carbocycles. The Balaban J connectivity index is 1.73. The van der Waals surface area contributed by atoms with Gasteiger partial charge >= 0.3 is 5.97 Å². The Labute approximate surface area is 132 Å². The average molecular weight is 306 g/mol. The molecule has 0 aliphatic heterocycles. The van der Waals surface area contributed by atoms with Crippen molar-refractivity contribution in [3.63, 3.8) is 0 Å². The van der Waals surface area contributed by atoms with E-state index < -0.39 is 0 Å². The fourth-order valence-corrected chi connectivity index (χ4v) is 2.68. The van der Waals surface area contributed by atoms with Crippen molar-refractivity contribution in [2.75, 3.05) is 13.7 Å². The lowest BCUT2D eigenvalue weighted by Gasteiger charge is -2.50.